The molecule has 1 aromatic heterocycles. The molecule has 3 aromatic rings. The van der Waals surface area contributed by atoms with Crippen LogP contribution in [-0.4, -0.2) is 51.2 Å². The Morgan fingerprint density at radius 2 is 1.50 bits per heavy atom. The van der Waals surface area contributed by atoms with Crippen LogP contribution in [0, 0.1) is 5.92 Å². The van der Waals surface area contributed by atoms with E-state index in [0.717, 1.165) is 41.9 Å². The van der Waals surface area contributed by atoms with Crippen molar-refractivity contribution in [3.05, 3.63) is 82.7 Å². The number of allylic oxidation sites excluding steroid dienone is 1. The van der Waals surface area contributed by atoms with E-state index in [1.54, 1.807) is 7.11 Å². The number of oxime groups is 1. The number of rotatable bonds is 7. The van der Waals surface area contributed by atoms with Crippen LogP contribution in [0.2, 0.25) is 0 Å². The molecule has 0 radical (unpaired) electrons. The first kappa shape index (κ1) is 22.3. The number of fused-ring (bicyclic) bond motifs is 1. The zero-order valence-electron chi connectivity index (χ0n) is 20.7. The first-order chi connectivity index (χ1) is 16.4. The Morgan fingerprint density at radius 1 is 0.941 bits per heavy atom. The summed E-state index contributed by atoms with van der Waals surface area (Å²) >= 11 is 0. The minimum Gasteiger partial charge on any atom is -0.399 e. The number of aromatic amines is 1. The van der Waals surface area contributed by atoms with E-state index in [4.69, 9.17) is 9.94 Å². The van der Waals surface area contributed by atoms with Crippen molar-refractivity contribution in [2.45, 2.75) is 24.7 Å². The number of hydrogen-bond donors (Lipinski definition) is 1. The Hall–Kier alpha value is -3.54. The summed E-state index contributed by atoms with van der Waals surface area (Å²) in [7, 11) is 9.90. The van der Waals surface area contributed by atoms with Crippen LogP contribution in [0.1, 0.15) is 40.9 Å². The summed E-state index contributed by atoms with van der Waals surface area (Å²) < 4.78 is 0. The van der Waals surface area contributed by atoms with E-state index in [0.29, 0.717) is 5.92 Å². The molecular formula is C28H33N5O. The molecular weight excluding hydrogens is 422 g/mol. The third kappa shape index (κ3) is 3.87. The SMILES string of the molecule is CO/N=C(/c1n[nH]c2c1C=CC(c1ccc(N(C)C)cc1)(c1ccc(N(C)C)cc1)C2)C1CC1. The van der Waals surface area contributed by atoms with Gasteiger partial charge >= 0.3 is 0 Å². The van der Waals surface area contributed by atoms with E-state index in [1.807, 2.05) is 0 Å². The van der Waals surface area contributed by atoms with Gasteiger partial charge in [0.05, 0.1) is 0 Å². The van der Waals surface area contributed by atoms with Crippen LogP contribution >= 0.6 is 0 Å². The van der Waals surface area contributed by atoms with Crippen molar-refractivity contribution >= 4 is 23.2 Å². The molecule has 1 heterocycles. The summed E-state index contributed by atoms with van der Waals surface area (Å²) in [4.78, 5) is 9.43. The lowest BCUT2D eigenvalue weighted by atomic mass is 9.68. The Morgan fingerprint density at radius 3 is 1.97 bits per heavy atom. The maximum absolute atomic E-state index is 5.16. The van der Waals surface area contributed by atoms with Gasteiger partial charge in [-0.2, -0.15) is 5.10 Å². The molecule has 0 atom stereocenters. The van der Waals surface area contributed by atoms with Crippen LogP contribution in [0.25, 0.3) is 6.08 Å². The zero-order valence-corrected chi connectivity index (χ0v) is 20.7. The summed E-state index contributed by atoms with van der Waals surface area (Å²) in [5.74, 6) is 0.449. The van der Waals surface area contributed by atoms with Gasteiger partial charge in [0.1, 0.15) is 18.5 Å². The van der Waals surface area contributed by atoms with Gasteiger partial charge in [-0.05, 0) is 48.2 Å². The van der Waals surface area contributed by atoms with Gasteiger partial charge in [-0.3, -0.25) is 5.10 Å². The third-order valence-corrected chi connectivity index (χ3v) is 7.07. The zero-order chi connectivity index (χ0) is 23.9. The van der Waals surface area contributed by atoms with E-state index in [1.165, 1.54) is 22.5 Å². The number of benzene rings is 2. The highest BCUT2D eigenvalue weighted by molar-refractivity contribution is 6.04. The molecule has 2 aromatic carbocycles. The summed E-state index contributed by atoms with van der Waals surface area (Å²) in [5, 5.41) is 12.4. The Labute approximate surface area is 201 Å². The molecule has 6 heteroatoms. The first-order valence-electron chi connectivity index (χ1n) is 11.9. The number of anilines is 2. The molecule has 6 nitrogen and oxygen atoms in total. The lowest BCUT2D eigenvalue weighted by Gasteiger charge is -2.35. The van der Waals surface area contributed by atoms with E-state index in [-0.39, 0.29) is 5.41 Å². The predicted octanol–water partition coefficient (Wildman–Crippen LogP) is 4.86. The van der Waals surface area contributed by atoms with Crippen LogP contribution in [0.4, 0.5) is 11.4 Å². The van der Waals surface area contributed by atoms with E-state index < -0.39 is 0 Å². The van der Waals surface area contributed by atoms with Crippen molar-refractivity contribution in [2.75, 3.05) is 45.1 Å². The summed E-state index contributed by atoms with van der Waals surface area (Å²) in [6, 6.07) is 17.8. The quantitative estimate of drug-likeness (QED) is 0.408. The fourth-order valence-electron chi connectivity index (χ4n) is 4.90. The van der Waals surface area contributed by atoms with Crippen LogP contribution in [0.3, 0.4) is 0 Å². The minimum atomic E-state index is -0.287. The molecule has 2 aliphatic rings. The largest absolute Gasteiger partial charge is 0.399 e. The fraction of sp³-hybridized carbons (Fsp3) is 0.357. The molecule has 0 saturated heterocycles. The van der Waals surface area contributed by atoms with Crippen molar-refractivity contribution in [2.24, 2.45) is 11.1 Å². The van der Waals surface area contributed by atoms with Crippen molar-refractivity contribution in [1.29, 1.82) is 0 Å². The van der Waals surface area contributed by atoms with Gasteiger partial charge < -0.3 is 14.6 Å². The number of nitrogens with one attached hydrogen (secondary N) is 1. The molecule has 34 heavy (non-hydrogen) atoms. The average Bonchev–Trinajstić information content (AvgIpc) is 3.61. The van der Waals surface area contributed by atoms with E-state index in [2.05, 4.69) is 109 Å². The van der Waals surface area contributed by atoms with Gasteiger partial charge in [-0.25, -0.2) is 0 Å². The van der Waals surface area contributed by atoms with Crippen LogP contribution < -0.4 is 9.80 Å². The maximum Gasteiger partial charge on any atom is 0.117 e. The van der Waals surface area contributed by atoms with Gasteiger partial charge in [-0.1, -0.05) is 41.6 Å². The van der Waals surface area contributed by atoms with Crippen molar-refractivity contribution in [3.63, 3.8) is 0 Å². The van der Waals surface area contributed by atoms with Crippen LogP contribution in [-0.2, 0) is 16.7 Å². The summed E-state index contributed by atoms with van der Waals surface area (Å²) in [5.41, 5.74) is 8.78. The second-order valence-corrected chi connectivity index (χ2v) is 9.76. The lowest BCUT2D eigenvalue weighted by molar-refractivity contribution is 0.212. The normalized spacial score (nSPS) is 16.8. The molecule has 2 aliphatic carbocycles. The second kappa shape index (κ2) is 8.67. The molecule has 1 fully saturated rings. The highest BCUT2D eigenvalue weighted by Gasteiger charge is 2.39. The first-order valence-corrected chi connectivity index (χ1v) is 11.9. The summed E-state index contributed by atoms with van der Waals surface area (Å²) in [6.07, 6.45) is 7.67. The number of hydrogen-bond acceptors (Lipinski definition) is 5. The maximum atomic E-state index is 5.16. The predicted molar refractivity (Wildman–Crippen MR) is 140 cm³/mol. The molecule has 0 unspecified atom stereocenters. The lowest BCUT2D eigenvalue weighted by Crippen LogP contribution is -2.31. The Balaban J connectivity index is 1.60. The molecule has 0 spiro atoms. The molecule has 176 valence electrons. The number of aromatic nitrogens is 2. The summed E-state index contributed by atoms with van der Waals surface area (Å²) in [6.45, 7) is 0. The smallest absolute Gasteiger partial charge is 0.117 e. The monoisotopic (exact) mass is 455 g/mol. The van der Waals surface area contributed by atoms with E-state index >= 15 is 0 Å². The van der Waals surface area contributed by atoms with Crippen molar-refractivity contribution in [3.8, 4) is 0 Å². The topological polar surface area (TPSA) is 56.8 Å². The number of nitrogens with zero attached hydrogens (tertiary/aromatic N) is 4. The third-order valence-electron chi connectivity index (χ3n) is 7.07. The molecule has 0 amide bonds. The average molecular weight is 456 g/mol. The Kier molecular flexibility index (Phi) is 5.68. The van der Waals surface area contributed by atoms with Gasteiger partial charge in [0.2, 0.25) is 0 Å². The Bertz CT molecular complexity index is 1160. The van der Waals surface area contributed by atoms with Gasteiger partial charge in [0, 0.05) is 68.6 Å². The second-order valence-electron chi connectivity index (χ2n) is 9.76. The highest BCUT2D eigenvalue weighted by Crippen LogP contribution is 2.43. The highest BCUT2D eigenvalue weighted by atomic mass is 16.6. The van der Waals surface area contributed by atoms with Crippen LogP contribution in [0.5, 0.6) is 0 Å². The van der Waals surface area contributed by atoms with E-state index in [9.17, 15) is 0 Å². The molecule has 1 saturated carbocycles. The van der Waals surface area contributed by atoms with Gasteiger partial charge in [-0.15, -0.1) is 0 Å². The van der Waals surface area contributed by atoms with Crippen LogP contribution in [0.15, 0.2) is 59.8 Å². The molecule has 0 aliphatic heterocycles. The molecule has 5 rings (SSSR count). The molecule has 1 N–H and O–H groups in total. The number of H-pyrrole nitrogens is 1. The van der Waals surface area contributed by atoms with Crippen molar-refractivity contribution in [1.82, 2.24) is 10.2 Å². The fourth-order valence-corrected chi connectivity index (χ4v) is 4.90. The van der Waals surface area contributed by atoms with Gasteiger partial charge in [0.15, 0.2) is 0 Å². The van der Waals surface area contributed by atoms with Crippen molar-refractivity contribution < 1.29 is 4.84 Å². The standard InChI is InChI=1S/C28H33N5O/c1-32(2)22-12-8-20(9-13-22)28(21-10-14-23(15-11-21)33(3)4)17-16-24-25(18-28)29-30-27(24)26(31-34-5)19-6-7-19/h8-17,19H,6-7,18H2,1-5H3,(H,29,30)/b31-26+. The minimum absolute atomic E-state index is 0.287. The molecule has 0 bridgehead atoms. The van der Waals surface area contributed by atoms with Gasteiger partial charge in [0.25, 0.3) is 0 Å².